The SMILES string of the molecule is NCCCCC1CC12CCCc1ccccc12. The molecule has 2 aliphatic carbocycles. The van der Waals surface area contributed by atoms with Crippen LogP contribution in [0.5, 0.6) is 0 Å². The summed E-state index contributed by atoms with van der Waals surface area (Å²) in [7, 11) is 0. The molecule has 1 heteroatoms. The van der Waals surface area contributed by atoms with Crippen LogP contribution in [0.15, 0.2) is 24.3 Å². The van der Waals surface area contributed by atoms with E-state index >= 15 is 0 Å². The lowest BCUT2D eigenvalue weighted by Crippen LogP contribution is -2.18. The van der Waals surface area contributed by atoms with Crippen molar-refractivity contribution >= 4 is 0 Å². The number of rotatable bonds is 4. The number of benzene rings is 1. The Morgan fingerprint density at radius 2 is 2.12 bits per heavy atom. The third kappa shape index (κ3) is 1.91. The van der Waals surface area contributed by atoms with Crippen LogP contribution < -0.4 is 5.73 Å². The molecule has 1 aromatic carbocycles. The van der Waals surface area contributed by atoms with Crippen LogP contribution in [0.4, 0.5) is 0 Å². The van der Waals surface area contributed by atoms with Crippen LogP contribution in [0.3, 0.4) is 0 Å². The van der Waals surface area contributed by atoms with Crippen LogP contribution in [0.25, 0.3) is 0 Å². The first-order chi connectivity index (χ1) is 8.37. The Labute approximate surface area is 104 Å². The molecule has 1 spiro atoms. The van der Waals surface area contributed by atoms with Crippen LogP contribution >= 0.6 is 0 Å². The monoisotopic (exact) mass is 229 g/mol. The molecule has 2 aliphatic rings. The summed E-state index contributed by atoms with van der Waals surface area (Å²) in [5, 5.41) is 0. The van der Waals surface area contributed by atoms with E-state index < -0.39 is 0 Å². The molecule has 3 rings (SSSR count). The molecule has 92 valence electrons. The number of fused-ring (bicyclic) bond motifs is 2. The van der Waals surface area contributed by atoms with Crippen LogP contribution in [-0.4, -0.2) is 6.54 Å². The quantitative estimate of drug-likeness (QED) is 0.787. The van der Waals surface area contributed by atoms with Gasteiger partial charge >= 0.3 is 0 Å². The van der Waals surface area contributed by atoms with Crippen molar-refractivity contribution in [3.8, 4) is 0 Å². The van der Waals surface area contributed by atoms with E-state index in [0.717, 1.165) is 12.5 Å². The first-order valence-corrected chi connectivity index (χ1v) is 7.15. The summed E-state index contributed by atoms with van der Waals surface area (Å²) in [6.07, 6.45) is 9.48. The van der Waals surface area contributed by atoms with Gasteiger partial charge in [-0.25, -0.2) is 0 Å². The van der Waals surface area contributed by atoms with Gasteiger partial charge in [0.05, 0.1) is 0 Å². The van der Waals surface area contributed by atoms with E-state index in [4.69, 9.17) is 5.73 Å². The summed E-state index contributed by atoms with van der Waals surface area (Å²) in [5.41, 5.74) is 9.48. The van der Waals surface area contributed by atoms with Gasteiger partial charge in [-0.2, -0.15) is 0 Å². The van der Waals surface area contributed by atoms with E-state index in [-0.39, 0.29) is 0 Å². The van der Waals surface area contributed by atoms with Crippen LogP contribution in [-0.2, 0) is 11.8 Å². The molecule has 0 bridgehead atoms. The minimum Gasteiger partial charge on any atom is -0.330 e. The van der Waals surface area contributed by atoms with Gasteiger partial charge in [-0.1, -0.05) is 30.7 Å². The molecule has 0 saturated heterocycles. The molecule has 0 amide bonds. The van der Waals surface area contributed by atoms with Crippen molar-refractivity contribution < 1.29 is 0 Å². The Morgan fingerprint density at radius 3 is 3.00 bits per heavy atom. The summed E-state index contributed by atoms with van der Waals surface area (Å²) in [4.78, 5) is 0. The first-order valence-electron chi connectivity index (χ1n) is 7.15. The molecule has 0 radical (unpaired) electrons. The molecule has 1 nitrogen and oxygen atoms in total. The van der Waals surface area contributed by atoms with Gasteiger partial charge in [0.15, 0.2) is 0 Å². The van der Waals surface area contributed by atoms with Gasteiger partial charge in [-0.05, 0) is 67.5 Å². The van der Waals surface area contributed by atoms with E-state index in [1.165, 1.54) is 44.9 Å². The minimum atomic E-state index is 0.587. The van der Waals surface area contributed by atoms with E-state index in [9.17, 15) is 0 Å². The highest BCUT2D eigenvalue weighted by molar-refractivity contribution is 5.42. The van der Waals surface area contributed by atoms with Crippen molar-refractivity contribution in [2.45, 2.75) is 50.4 Å². The van der Waals surface area contributed by atoms with E-state index in [1.807, 2.05) is 0 Å². The normalized spacial score (nSPS) is 30.3. The Hall–Kier alpha value is -0.820. The summed E-state index contributed by atoms with van der Waals surface area (Å²) in [5.74, 6) is 0.954. The lowest BCUT2D eigenvalue weighted by atomic mass is 9.78. The molecular formula is C16H23N. The van der Waals surface area contributed by atoms with Gasteiger partial charge < -0.3 is 5.73 Å². The highest BCUT2D eigenvalue weighted by Crippen LogP contribution is 2.61. The van der Waals surface area contributed by atoms with Crippen LogP contribution in [0, 0.1) is 5.92 Å². The largest absolute Gasteiger partial charge is 0.330 e. The smallest absolute Gasteiger partial charge is 0.00126 e. The average molecular weight is 229 g/mol. The lowest BCUT2D eigenvalue weighted by Gasteiger charge is -2.26. The topological polar surface area (TPSA) is 26.0 Å². The summed E-state index contributed by atoms with van der Waals surface area (Å²) in [6.45, 7) is 0.857. The highest BCUT2D eigenvalue weighted by atomic mass is 14.6. The third-order valence-electron chi connectivity index (χ3n) is 4.86. The Bertz CT molecular complexity index is 398. The summed E-state index contributed by atoms with van der Waals surface area (Å²) in [6, 6.07) is 9.15. The molecule has 1 aromatic rings. The van der Waals surface area contributed by atoms with Gasteiger partial charge in [-0.3, -0.25) is 0 Å². The van der Waals surface area contributed by atoms with Crippen LogP contribution in [0.1, 0.15) is 49.7 Å². The van der Waals surface area contributed by atoms with Gasteiger partial charge in [0.1, 0.15) is 0 Å². The van der Waals surface area contributed by atoms with E-state index in [1.54, 1.807) is 11.1 Å². The molecule has 0 aromatic heterocycles. The fourth-order valence-corrected chi connectivity index (χ4v) is 3.88. The van der Waals surface area contributed by atoms with Crippen molar-refractivity contribution in [3.63, 3.8) is 0 Å². The maximum absolute atomic E-state index is 5.58. The van der Waals surface area contributed by atoms with Crippen molar-refractivity contribution in [2.75, 3.05) is 6.54 Å². The number of unbranched alkanes of at least 4 members (excludes halogenated alkanes) is 1. The summed E-state index contributed by atoms with van der Waals surface area (Å²) < 4.78 is 0. The second-order valence-electron chi connectivity index (χ2n) is 5.85. The maximum Gasteiger partial charge on any atom is -0.00126 e. The molecule has 0 aliphatic heterocycles. The third-order valence-corrected chi connectivity index (χ3v) is 4.86. The molecular weight excluding hydrogens is 206 g/mol. The Morgan fingerprint density at radius 1 is 1.24 bits per heavy atom. The van der Waals surface area contributed by atoms with Crippen molar-refractivity contribution in [1.82, 2.24) is 0 Å². The minimum absolute atomic E-state index is 0.587. The number of hydrogen-bond donors (Lipinski definition) is 1. The maximum atomic E-state index is 5.58. The molecule has 2 unspecified atom stereocenters. The summed E-state index contributed by atoms with van der Waals surface area (Å²) >= 11 is 0. The number of nitrogens with two attached hydrogens (primary N) is 1. The van der Waals surface area contributed by atoms with Gasteiger partial charge in [0.2, 0.25) is 0 Å². The average Bonchev–Trinajstić information content (AvgIpc) is 3.04. The van der Waals surface area contributed by atoms with Gasteiger partial charge in [-0.15, -0.1) is 0 Å². The molecule has 17 heavy (non-hydrogen) atoms. The molecule has 2 N–H and O–H groups in total. The highest BCUT2D eigenvalue weighted by Gasteiger charge is 2.55. The number of aryl methyl sites for hydroxylation is 1. The van der Waals surface area contributed by atoms with Crippen molar-refractivity contribution in [3.05, 3.63) is 35.4 Å². The van der Waals surface area contributed by atoms with E-state index in [0.29, 0.717) is 5.41 Å². The lowest BCUT2D eigenvalue weighted by molar-refractivity contribution is 0.473. The first kappa shape index (κ1) is 11.3. The van der Waals surface area contributed by atoms with Gasteiger partial charge in [0, 0.05) is 0 Å². The Balaban J connectivity index is 1.74. The zero-order valence-corrected chi connectivity index (χ0v) is 10.6. The predicted molar refractivity (Wildman–Crippen MR) is 72.1 cm³/mol. The molecule has 1 fully saturated rings. The molecule has 2 atom stereocenters. The van der Waals surface area contributed by atoms with Crippen molar-refractivity contribution in [1.29, 1.82) is 0 Å². The van der Waals surface area contributed by atoms with E-state index in [2.05, 4.69) is 24.3 Å². The second-order valence-corrected chi connectivity index (χ2v) is 5.85. The fourth-order valence-electron chi connectivity index (χ4n) is 3.88. The number of hydrogen-bond acceptors (Lipinski definition) is 1. The van der Waals surface area contributed by atoms with Crippen LogP contribution in [0.2, 0.25) is 0 Å². The second kappa shape index (κ2) is 4.45. The fraction of sp³-hybridized carbons (Fsp3) is 0.625. The predicted octanol–water partition coefficient (Wildman–Crippen LogP) is 3.41. The zero-order chi connectivity index (χ0) is 11.7. The zero-order valence-electron chi connectivity index (χ0n) is 10.6. The van der Waals surface area contributed by atoms with Crippen molar-refractivity contribution in [2.24, 2.45) is 11.7 Å². The molecule has 0 heterocycles. The van der Waals surface area contributed by atoms with Gasteiger partial charge in [0.25, 0.3) is 0 Å². The Kier molecular flexibility index (Phi) is 2.96. The standard InChI is InChI=1S/C16H23N/c17-11-4-3-8-14-12-16(14)10-5-7-13-6-1-2-9-15(13)16/h1-2,6,9,14H,3-5,7-8,10-12,17H2. The molecule has 1 saturated carbocycles.